The molecule has 5 nitrogen and oxygen atoms in total. The van der Waals surface area contributed by atoms with E-state index in [1.165, 1.54) is 18.4 Å². The fraction of sp³-hybridized carbons (Fsp3) is 0.524. The van der Waals surface area contributed by atoms with Crippen molar-refractivity contribution < 1.29 is 14.3 Å². The van der Waals surface area contributed by atoms with Crippen molar-refractivity contribution in [3.63, 3.8) is 0 Å². The average Bonchev–Trinajstić information content (AvgIpc) is 2.67. The van der Waals surface area contributed by atoms with Crippen LogP contribution >= 0.6 is 0 Å². The molecule has 0 heterocycles. The van der Waals surface area contributed by atoms with Crippen LogP contribution < -0.4 is 15.4 Å². The quantitative estimate of drug-likeness (QED) is 0.616. The Morgan fingerprint density at radius 1 is 1.08 bits per heavy atom. The molecule has 0 aliphatic heterocycles. The summed E-state index contributed by atoms with van der Waals surface area (Å²) in [6.45, 7) is 3.39. The van der Waals surface area contributed by atoms with Crippen molar-refractivity contribution in [1.82, 2.24) is 5.32 Å². The molecule has 1 aliphatic rings. The van der Waals surface area contributed by atoms with E-state index in [2.05, 4.69) is 23.6 Å². The van der Waals surface area contributed by atoms with Crippen LogP contribution in [0.15, 0.2) is 35.9 Å². The summed E-state index contributed by atoms with van der Waals surface area (Å²) in [5.41, 5.74) is 2.16. The molecule has 0 atom stereocenters. The van der Waals surface area contributed by atoms with E-state index in [9.17, 15) is 9.59 Å². The highest BCUT2D eigenvalue weighted by Gasteiger charge is 2.08. The van der Waals surface area contributed by atoms with E-state index in [4.69, 9.17) is 4.74 Å². The van der Waals surface area contributed by atoms with Crippen LogP contribution in [0.3, 0.4) is 0 Å². The standard InChI is InChI=1S/C21H30N2O3/c1-2-16-26-19-10-8-18(9-11-19)23-21(25)13-12-20(24)22-15-14-17-6-4-3-5-7-17/h6,8-11H,2-5,7,12-16H2,1H3,(H,22,24)(H,23,25). The minimum atomic E-state index is -0.155. The third kappa shape index (κ3) is 7.72. The molecule has 1 aromatic rings. The molecule has 2 amide bonds. The fourth-order valence-electron chi connectivity index (χ4n) is 2.89. The Morgan fingerprint density at radius 2 is 1.85 bits per heavy atom. The molecule has 0 saturated carbocycles. The van der Waals surface area contributed by atoms with Gasteiger partial charge in [0.25, 0.3) is 0 Å². The Balaban J connectivity index is 1.61. The zero-order chi connectivity index (χ0) is 18.6. The van der Waals surface area contributed by atoms with Crippen LogP contribution in [0, 0.1) is 0 Å². The topological polar surface area (TPSA) is 67.4 Å². The number of carbonyl (C=O) groups excluding carboxylic acids is 2. The first-order valence-electron chi connectivity index (χ1n) is 9.64. The molecule has 26 heavy (non-hydrogen) atoms. The summed E-state index contributed by atoms with van der Waals surface area (Å²) in [7, 11) is 0. The van der Waals surface area contributed by atoms with Gasteiger partial charge in [0.15, 0.2) is 0 Å². The second-order valence-electron chi connectivity index (χ2n) is 6.63. The van der Waals surface area contributed by atoms with Gasteiger partial charge >= 0.3 is 0 Å². The summed E-state index contributed by atoms with van der Waals surface area (Å²) >= 11 is 0. The van der Waals surface area contributed by atoms with Gasteiger partial charge in [-0.15, -0.1) is 0 Å². The van der Waals surface area contributed by atoms with E-state index in [0.29, 0.717) is 18.8 Å². The largest absolute Gasteiger partial charge is 0.494 e. The summed E-state index contributed by atoms with van der Waals surface area (Å²) in [4.78, 5) is 23.8. The van der Waals surface area contributed by atoms with Crippen LogP contribution in [-0.4, -0.2) is 25.0 Å². The first-order chi connectivity index (χ1) is 12.7. The highest BCUT2D eigenvalue weighted by atomic mass is 16.5. The van der Waals surface area contributed by atoms with Crippen molar-refractivity contribution in [1.29, 1.82) is 0 Å². The number of rotatable bonds is 10. The number of allylic oxidation sites excluding steroid dienone is 1. The zero-order valence-electron chi connectivity index (χ0n) is 15.7. The van der Waals surface area contributed by atoms with E-state index in [1.54, 1.807) is 12.1 Å². The van der Waals surface area contributed by atoms with Crippen LogP contribution in [0.25, 0.3) is 0 Å². The number of carbonyl (C=O) groups is 2. The van der Waals surface area contributed by atoms with Crippen LogP contribution in [0.5, 0.6) is 5.75 Å². The smallest absolute Gasteiger partial charge is 0.224 e. The van der Waals surface area contributed by atoms with Gasteiger partial charge in [0, 0.05) is 25.1 Å². The number of benzene rings is 1. The van der Waals surface area contributed by atoms with E-state index < -0.39 is 0 Å². The maximum absolute atomic E-state index is 12.0. The number of hydrogen-bond acceptors (Lipinski definition) is 3. The zero-order valence-corrected chi connectivity index (χ0v) is 15.7. The first kappa shape index (κ1) is 20.0. The summed E-state index contributed by atoms with van der Waals surface area (Å²) in [6.07, 6.45) is 9.41. The molecular weight excluding hydrogens is 328 g/mol. The maximum Gasteiger partial charge on any atom is 0.224 e. The Bertz CT molecular complexity index is 608. The Kier molecular flexibility index (Phi) is 8.73. The third-order valence-corrected chi connectivity index (χ3v) is 4.34. The van der Waals surface area contributed by atoms with Crippen molar-refractivity contribution in [2.45, 2.75) is 58.3 Å². The van der Waals surface area contributed by atoms with Gasteiger partial charge in [0.05, 0.1) is 6.61 Å². The average molecular weight is 358 g/mol. The summed E-state index contributed by atoms with van der Waals surface area (Å²) < 4.78 is 5.51. The lowest BCUT2D eigenvalue weighted by atomic mass is 9.97. The molecule has 142 valence electrons. The lowest BCUT2D eigenvalue weighted by molar-refractivity contribution is -0.124. The molecule has 0 radical (unpaired) electrons. The number of anilines is 1. The van der Waals surface area contributed by atoms with Crippen molar-refractivity contribution in [3.8, 4) is 5.75 Å². The Labute approximate surface area is 156 Å². The molecule has 0 saturated heterocycles. The fourth-order valence-corrected chi connectivity index (χ4v) is 2.89. The number of hydrogen-bond donors (Lipinski definition) is 2. The van der Waals surface area contributed by atoms with Gasteiger partial charge in [-0.05, 0) is 62.8 Å². The molecule has 0 unspecified atom stereocenters. The van der Waals surface area contributed by atoms with Crippen LogP contribution in [0.2, 0.25) is 0 Å². The van der Waals surface area contributed by atoms with E-state index >= 15 is 0 Å². The van der Waals surface area contributed by atoms with E-state index in [-0.39, 0.29) is 24.7 Å². The van der Waals surface area contributed by atoms with Crippen molar-refractivity contribution in [3.05, 3.63) is 35.9 Å². The molecule has 1 aromatic carbocycles. The minimum absolute atomic E-state index is 0.0696. The number of amides is 2. The molecule has 2 N–H and O–H groups in total. The SMILES string of the molecule is CCCOc1ccc(NC(=O)CCC(=O)NCCC2=CCCCC2)cc1. The molecule has 5 heteroatoms. The third-order valence-electron chi connectivity index (χ3n) is 4.34. The normalized spacial score (nSPS) is 13.7. The molecule has 0 fully saturated rings. The van der Waals surface area contributed by atoms with Gasteiger partial charge in [0.1, 0.15) is 5.75 Å². The molecule has 0 aromatic heterocycles. The van der Waals surface area contributed by atoms with Gasteiger partial charge in [0.2, 0.25) is 11.8 Å². The van der Waals surface area contributed by atoms with Gasteiger partial charge in [-0.3, -0.25) is 9.59 Å². The van der Waals surface area contributed by atoms with Crippen molar-refractivity contribution in [2.75, 3.05) is 18.5 Å². The van der Waals surface area contributed by atoms with E-state index in [1.807, 2.05) is 12.1 Å². The van der Waals surface area contributed by atoms with Gasteiger partial charge < -0.3 is 15.4 Å². The second-order valence-corrected chi connectivity index (χ2v) is 6.63. The highest BCUT2D eigenvalue weighted by Crippen LogP contribution is 2.19. The Hall–Kier alpha value is -2.30. The highest BCUT2D eigenvalue weighted by molar-refractivity contribution is 5.93. The maximum atomic E-state index is 12.0. The summed E-state index contributed by atoms with van der Waals surface area (Å²) in [5, 5.41) is 5.70. The molecule has 0 spiro atoms. The second kappa shape index (κ2) is 11.3. The summed E-state index contributed by atoms with van der Waals surface area (Å²) in [6, 6.07) is 7.28. The van der Waals surface area contributed by atoms with Crippen LogP contribution in [-0.2, 0) is 9.59 Å². The van der Waals surface area contributed by atoms with Crippen molar-refractivity contribution >= 4 is 17.5 Å². The van der Waals surface area contributed by atoms with Gasteiger partial charge in [-0.2, -0.15) is 0 Å². The molecule has 1 aliphatic carbocycles. The van der Waals surface area contributed by atoms with Crippen LogP contribution in [0.1, 0.15) is 58.3 Å². The first-order valence-corrected chi connectivity index (χ1v) is 9.64. The van der Waals surface area contributed by atoms with Crippen molar-refractivity contribution in [2.24, 2.45) is 0 Å². The molecular formula is C21H30N2O3. The van der Waals surface area contributed by atoms with Crippen LogP contribution in [0.4, 0.5) is 5.69 Å². The predicted molar refractivity (Wildman–Crippen MR) is 104 cm³/mol. The lowest BCUT2D eigenvalue weighted by Crippen LogP contribution is -2.26. The monoisotopic (exact) mass is 358 g/mol. The Morgan fingerprint density at radius 3 is 2.54 bits per heavy atom. The molecule has 0 bridgehead atoms. The lowest BCUT2D eigenvalue weighted by Gasteiger charge is -2.13. The number of ether oxygens (including phenoxy) is 1. The summed E-state index contributed by atoms with van der Waals surface area (Å²) in [5.74, 6) is 0.564. The number of nitrogens with one attached hydrogen (secondary N) is 2. The predicted octanol–water partition coefficient (Wildman–Crippen LogP) is 4.20. The van der Waals surface area contributed by atoms with Gasteiger partial charge in [-0.1, -0.05) is 18.6 Å². The molecule has 2 rings (SSSR count). The van der Waals surface area contributed by atoms with Gasteiger partial charge in [-0.25, -0.2) is 0 Å². The van der Waals surface area contributed by atoms with E-state index in [0.717, 1.165) is 31.4 Å². The minimum Gasteiger partial charge on any atom is -0.494 e.